The van der Waals surface area contributed by atoms with Crippen molar-refractivity contribution >= 4 is 23.2 Å². The van der Waals surface area contributed by atoms with E-state index in [1.807, 2.05) is 42.5 Å². The molecule has 3 aromatic rings. The minimum atomic E-state index is -0.350. The number of rotatable bonds is 5. The predicted molar refractivity (Wildman–Crippen MR) is 107 cm³/mol. The Morgan fingerprint density at radius 3 is 2.30 bits per heavy atom. The molecule has 2 amide bonds. The van der Waals surface area contributed by atoms with E-state index in [1.165, 1.54) is 12.3 Å². The van der Waals surface area contributed by atoms with Crippen LogP contribution in [0.3, 0.4) is 0 Å². The number of hydrogen-bond donors (Lipinski definition) is 2. The molecule has 0 bridgehead atoms. The van der Waals surface area contributed by atoms with Crippen LogP contribution in [0.1, 0.15) is 46.2 Å². The van der Waals surface area contributed by atoms with E-state index in [2.05, 4.69) is 29.5 Å². The van der Waals surface area contributed by atoms with Crippen LogP contribution in [0.25, 0.3) is 0 Å². The lowest BCUT2D eigenvalue weighted by Gasteiger charge is -2.13. The van der Waals surface area contributed by atoms with Crippen molar-refractivity contribution in [3.63, 3.8) is 0 Å². The van der Waals surface area contributed by atoms with Gasteiger partial charge in [-0.3, -0.25) is 14.6 Å². The predicted octanol–water partition coefficient (Wildman–Crippen LogP) is 4.71. The summed E-state index contributed by atoms with van der Waals surface area (Å²) in [6, 6.07) is 19.9. The summed E-state index contributed by atoms with van der Waals surface area (Å²) in [7, 11) is 0. The summed E-state index contributed by atoms with van der Waals surface area (Å²) < 4.78 is 0. The van der Waals surface area contributed by atoms with Crippen molar-refractivity contribution in [2.45, 2.75) is 19.8 Å². The molecule has 2 aromatic carbocycles. The zero-order chi connectivity index (χ0) is 19.2. The Morgan fingerprint density at radius 1 is 0.852 bits per heavy atom. The fourth-order valence-electron chi connectivity index (χ4n) is 2.72. The fourth-order valence-corrected chi connectivity index (χ4v) is 2.72. The van der Waals surface area contributed by atoms with Gasteiger partial charge in [-0.1, -0.05) is 50.2 Å². The van der Waals surface area contributed by atoms with Gasteiger partial charge in [-0.15, -0.1) is 0 Å². The first-order valence-electron chi connectivity index (χ1n) is 8.77. The van der Waals surface area contributed by atoms with Gasteiger partial charge in [0.2, 0.25) is 0 Å². The minimum absolute atomic E-state index is 0.189. The average molecular weight is 359 g/mol. The number of carbonyl (C=O) groups is 2. The van der Waals surface area contributed by atoms with Crippen LogP contribution in [-0.2, 0) is 0 Å². The molecule has 1 heterocycles. The smallest absolute Gasteiger partial charge is 0.274 e. The van der Waals surface area contributed by atoms with Gasteiger partial charge in [0.05, 0.1) is 0 Å². The molecule has 3 rings (SSSR count). The van der Waals surface area contributed by atoms with Crippen molar-refractivity contribution in [2.24, 2.45) is 0 Å². The lowest BCUT2D eigenvalue weighted by molar-refractivity contribution is 0.102. The second-order valence-electron chi connectivity index (χ2n) is 6.45. The van der Waals surface area contributed by atoms with E-state index < -0.39 is 0 Å². The average Bonchev–Trinajstić information content (AvgIpc) is 2.69. The number of aromatic nitrogens is 1. The Bertz CT molecular complexity index is 953. The minimum Gasteiger partial charge on any atom is -0.322 e. The molecule has 0 radical (unpaired) electrons. The second kappa shape index (κ2) is 8.27. The number of pyridine rings is 1. The summed E-state index contributed by atoms with van der Waals surface area (Å²) in [6.45, 7) is 4.13. The normalized spacial score (nSPS) is 10.5. The van der Waals surface area contributed by atoms with Crippen LogP contribution >= 0.6 is 0 Å². The first-order chi connectivity index (χ1) is 13.0. The van der Waals surface area contributed by atoms with Gasteiger partial charge in [-0.05, 0) is 41.8 Å². The molecule has 27 heavy (non-hydrogen) atoms. The van der Waals surface area contributed by atoms with Gasteiger partial charge in [-0.2, -0.15) is 0 Å². The molecule has 5 nitrogen and oxygen atoms in total. The Kier molecular flexibility index (Phi) is 5.61. The molecule has 0 saturated carbocycles. The van der Waals surface area contributed by atoms with Crippen molar-refractivity contribution in [1.82, 2.24) is 4.98 Å². The van der Waals surface area contributed by atoms with E-state index in [0.717, 1.165) is 11.3 Å². The number of benzene rings is 2. The molecule has 0 atom stereocenters. The molecule has 2 N–H and O–H groups in total. The summed E-state index contributed by atoms with van der Waals surface area (Å²) in [6.07, 6.45) is 1.46. The number of carbonyl (C=O) groups excluding carboxylic acids is 2. The van der Waals surface area contributed by atoms with E-state index in [9.17, 15) is 9.59 Å². The van der Waals surface area contributed by atoms with Gasteiger partial charge >= 0.3 is 0 Å². The summed E-state index contributed by atoms with van der Waals surface area (Å²) in [5.74, 6) is -0.366. The molecule has 0 aliphatic carbocycles. The highest BCUT2D eigenvalue weighted by Crippen LogP contribution is 2.24. The number of amides is 2. The molecule has 5 heteroatoms. The maximum atomic E-state index is 12.6. The molecule has 0 unspecified atom stereocenters. The zero-order valence-electron chi connectivity index (χ0n) is 15.3. The number of para-hydroxylation sites is 2. The zero-order valence-corrected chi connectivity index (χ0v) is 15.3. The number of nitrogens with one attached hydrogen (secondary N) is 2. The Balaban J connectivity index is 1.77. The maximum absolute atomic E-state index is 12.6. The van der Waals surface area contributed by atoms with Gasteiger partial charge in [0.1, 0.15) is 5.69 Å². The molecule has 0 saturated heterocycles. The third kappa shape index (κ3) is 4.58. The molecular weight excluding hydrogens is 338 g/mol. The summed E-state index contributed by atoms with van der Waals surface area (Å²) in [4.78, 5) is 29.1. The van der Waals surface area contributed by atoms with Crippen molar-refractivity contribution < 1.29 is 9.59 Å². The number of nitrogens with zero attached hydrogens (tertiary/aromatic N) is 1. The highest BCUT2D eigenvalue weighted by Gasteiger charge is 2.14. The summed E-state index contributed by atoms with van der Waals surface area (Å²) in [5.41, 5.74) is 3.05. The van der Waals surface area contributed by atoms with E-state index in [4.69, 9.17) is 0 Å². The lowest BCUT2D eigenvalue weighted by Crippen LogP contribution is -2.17. The fraction of sp³-hybridized carbons (Fsp3) is 0.136. The molecule has 0 aliphatic rings. The van der Waals surface area contributed by atoms with Gasteiger partial charge in [0.25, 0.3) is 11.8 Å². The van der Waals surface area contributed by atoms with Crippen molar-refractivity contribution in [1.29, 1.82) is 0 Å². The molecule has 0 aliphatic heterocycles. The number of hydrogen-bond acceptors (Lipinski definition) is 3. The summed E-state index contributed by atoms with van der Waals surface area (Å²) >= 11 is 0. The maximum Gasteiger partial charge on any atom is 0.274 e. The quantitative estimate of drug-likeness (QED) is 0.693. The molecule has 136 valence electrons. The lowest BCUT2D eigenvalue weighted by atomic mass is 10.0. The van der Waals surface area contributed by atoms with Crippen LogP contribution in [0.5, 0.6) is 0 Å². The van der Waals surface area contributed by atoms with Crippen molar-refractivity contribution in [3.05, 3.63) is 89.7 Å². The van der Waals surface area contributed by atoms with Crippen molar-refractivity contribution in [3.8, 4) is 0 Å². The van der Waals surface area contributed by atoms with Gasteiger partial charge < -0.3 is 10.6 Å². The monoisotopic (exact) mass is 359 g/mol. The molecule has 1 aromatic heterocycles. The van der Waals surface area contributed by atoms with Crippen LogP contribution in [0.4, 0.5) is 11.4 Å². The van der Waals surface area contributed by atoms with Crippen molar-refractivity contribution in [2.75, 3.05) is 10.6 Å². The third-order valence-corrected chi connectivity index (χ3v) is 4.12. The standard InChI is InChI=1S/C22H21N3O2/c1-15(2)18-10-6-7-11-19(18)25-22(27)20-14-16(12-13-23-20)21(26)24-17-8-4-3-5-9-17/h3-15H,1-2H3,(H,24,26)(H,25,27). The Hall–Kier alpha value is -3.47. The topological polar surface area (TPSA) is 71.1 Å². The SMILES string of the molecule is CC(C)c1ccccc1NC(=O)c1cc(C(=O)Nc2ccccc2)ccn1. The van der Waals surface area contributed by atoms with Crippen LogP contribution in [0.2, 0.25) is 0 Å². The van der Waals surface area contributed by atoms with E-state index in [1.54, 1.807) is 18.2 Å². The van der Waals surface area contributed by atoms with Crippen LogP contribution in [0, 0.1) is 0 Å². The Labute approximate surface area is 158 Å². The van der Waals surface area contributed by atoms with E-state index in [0.29, 0.717) is 11.3 Å². The largest absolute Gasteiger partial charge is 0.322 e. The highest BCUT2D eigenvalue weighted by molar-refractivity contribution is 6.08. The second-order valence-corrected chi connectivity index (χ2v) is 6.45. The Morgan fingerprint density at radius 2 is 1.56 bits per heavy atom. The molecule has 0 spiro atoms. The van der Waals surface area contributed by atoms with Crippen LogP contribution < -0.4 is 10.6 Å². The molecule has 0 fully saturated rings. The third-order valence-electron chi connectivity index (χ3n) is 4.12. The number of anilines is 2. The summed E-state index contributed by atoms with van der Waals surface area (Å²) in [5, 5.41) is 5.69. The van der Waals surface area contributed by atoms with E-state index >= 15 is 0 Å². The first-order valence-corrected chi connectivity index (χ1v) is 8.77. The van der Waals surface area contributed by atoms with Gasteiger partial charge in [0.15, 0.2) is 0 Å². The highest BCUT2D eigenvalue weighted by atomic mass is 16.2. The first kappa shape index (κ1) is 18.3. The van der Waals surface area contributed by atoms with Crippen LogP contribution in [0.15, 0.2) is 72.9 Å². The van der Waals surface area contributed by atoms with Gasteiger partial charge in [-0.25, -0.2) is 0 Å². The molecular formula is C22H21N3O2. The van der Waals surface area contributed by atoms with E-state index in [-0.39, 0.29) is 23.4 Å². The van der Waals surface area contributed by atoms with Gasteiger partial charge in [0, 0.05) is 23.1 Å². The van der Waals surface area contributed by atoms with Crippen LogP contribution in [-0.4, -0.2) is 16.8 Å².